The Bertz CT molecular complexity index is 809. The van der Waals surface area contributed by atoms with Crippen LogP contribution in [0, 0.1) is 12.8 Å². The number of piperidine rings is 1. The highest BCUT2D eigenvalue weighted by Crippen LogP contribution is 2.21. The van der Waals surface area contributed by atoms with Crippen molar-refractivity contribution in [3.05, 3.63) is 64.2 Å². The van der Waals surface area contributed by atoms with Crippen molar-refractivity contribution in [2.24, 2.45) is 5.92 Å². The highest BCUT2D eigenvalue weighted by molar-refractivity contribution is 6.30. The molecule has 1 heterocycles. The van der Waals surface area contributed by atoms with E-state index in [1.807, 2.05) is 11.8 Å². The van der Waals surface area contributed by atoms with E-state index in [1.54, 1.807) is 42.5 Å². The molecule has 1 aliphatic heterocycles. The number of nitrogens with zero attached hydrogens (tertiary/aromatic N) is 1. The van der Waals surface area contributed by atoms with Crippen LogP contribution in [0.1, 0.15) is 46.0 Å². The van der Waals surface area contributed by atoms with Crippen LogP contribution in [0.2, 0.25) is 5.02 Å². The average Bonchev–Trinajstić information content (AvgIpc) is 2.64. The van der Waals surface area contributed by atoms with E-state index in [4.69, 9.17) is 11.6 Å². The van der Waals surface area contributed by atoms with Crippen LogP contribution < -0.4 is 5.32 Å². The number of carbonyl (C=O) groups is 2. The molecule has 26 heavy (non-hydrogen) atoms. The van der Waals surface area contributed by atoms with Gasteiger partial charge in [-0.25, -0.2) is 0 Å². The van der Waals surface area contributed by atoms with E-state index in [-0.39, 0.29) is 11.8 Å². The van der Waals surface area contributed by atoms with Crippen molar-refractivity contribution >= 4 is 29.1 Å². The van der Waals surface area contributed by atoms with E-state index in [2.05, 4.69) is 12.2 Å². The molecule has 2 aromatic rings. The molecule has 0 aliphatic carbocycles. The lowest BCUT2D eigenvalue weighted by atomic mass is 9.98. The Morgan fingerprint density at radius 2 is 1.65 bits per heavy atom. The molecule has 0 unspecified atom stereocenters. The Hall–Kier alpha value is -2.33. The lowest BCUT2D eigenvalue weighted by molar-refractivity contribution is 0.0697. The number of benzene rings is 2. The summed E-state index contributed by atoms with van der Waals surface area (Å²) < 4.78 is 0. The van der Waals surface area contributed by atoms with Crippen LogP contribution in [0.4, 0.5) is 5.69 Å². The van der Waals surface area contributed by atoms with Gasteiger partial charge in [0, 0.05) is 34.9 Å². The summed E-state index contributed by atoms with van der Waals surface area (Å²) in [5, 5.41) is 3.51. The molecule has 4 nitrogen and oxygen atoms in total. The van der Waals surface area contributed by atoms with Crippen LogP contribution in [0.3, 0.4) is 0 Å². The Morgan fingerprint density at radius 3 is 2.27 bits per heavy atom. The van der Waals surface area contributed by atoms with Gasteiger partial charge in [-0.15, -0.1) is 0 Å². The van der Waals surface area contributed by atoms with Gasteiger partial charge in [-0.3, -0.25) is 9.59 Å². The monoisotopic (exact) mass is 370 g/mol. The van der Waals surface area contributed by atoms with Gasteiger partial charge >= 0.3 is 0 Å². The molecule has 1 aliphatic rings. The van der Waals surface area contributed by atoms with Crippen molar-refractivity contribution < 1.29 is 9.59 Å². The summed E-state index contributed by atoms with van der Waals surface area (Å²) in [6.45, 7) is 5.72. The summed E-state index contributed by atoms with van der Waals surface area (Å²) in [7, 11) is 0. The molecule has 136 valence electrons. The van der Waals surface area contributed by atoms with Gasteiger partial charge in [0.25, 0.3) is 11.8 Å². The molecular formula is C21H23ClN2O2. The zero-order valence-corrected chi connectivity index (χ0v) is 15.8. The lowest BCUT2D eigenvalue weighted by Gasteiger charge is -2.30. The number of aryl methyl sites for hydroxylation is 1. The highest BCUT2D eigenvalue weighted by Gasteiger charge is 2.21. The number of amides is 2. The molecule has 1 N–H and O–H groups in total. The van der Waals surface area contributed by atoms with E-state index >= 15 is 0 Å². The van der Waals surface area contributed by atoms with E-state index in [1.165, 1.54) is 0 Å². The molecule has 2 amide bonds. The minimum Gasteiger partial charge on any atom is -0.339 e. The number of anilines is 1. The van der Waals surface area contributed by atoms with Crippen LogP contribution in [0.15, 0.2) is 42.5 Å². The number of carbonyl (C=O) groups excluding carboxylic acids is 2. The highest BCUT2D eigenvalue weighted by atomic mass is 35.5. The third kappa shape index (κ3) is 4.25. The second kappa shape index (κ2) is 7.92. The van der Waals surface area contributed by atoms with E-state index in [9.17, 15) is 9.59 Å². The first-order valence-corrected chi connectivity index (χ1v) is 9.28. The molecule has 0 aromatic heterocycles. The molecule has 1 fully saturated rings. The molecule has 0 atom stereocenters. The van der Waals surface area contributed by atoms with Crippen LogP contribution in [-0.4, -0.2) is 29.8 Å². The summed E-state index contributed by atoms with van der Waals surface area (Å²) in [4.78, 5) is 26.9. The minimum atomic E-state index is -0.207. The molecule has 0 bridgehead atoms. The van der Waals surface area contributed by atoms with Gasteiger partial charge in [0.1, 0.15) is 0 Å². The topological polar surface area (TPSA) is 49.4 Å². The van der Waals surface area contributed by atoms with Crippen LogP contribution >= 0.6 is 11.6 Å². The number of rotatable bonds is 3. The Kier molecular flexibility index (Phi) is 5.62. The fraction of sp³-hybridized carbons (Fsp3) is 0.333. The Morgan fingerprint density at radius 1 is 1.04 bits per heavy atom. The first kappa shape index (κ1) is 18.5. The van der Waals surface area contributed by atoms with Crippen LogP contribution in [0.5, 0.6) is 0 Å². The lowest BCUT2D eigenvalue weighted by Crippen LogP contribution is -2.37. The average molecular weight is 371 g/mol. The van der Waals surface area contributed by atoms with Gasteiger partial charge < -0.3 is 10.2 Å². The molecule has 0 radical (unpaired) electrons. The number of hydrogen-bond acceptors (Lipinski definition) is 2. The van der Waals surface area contributed by atoms with Gasteiger partial charge in [0.15, 0.2) is 0 Å². The van der Waals surface area contributed by atoms with Crippen LogP contribution in [0.25, 0.3) is 0 Å². The van der Waals surface area contributed by atoms with Crippen molar-refractivity contribution in [2.75, 3.05) is 18.4 Å². The SMILES string of the molecule is Cc1cc(Cl)ccc1NC(=O)c1ccc(C(=O)N2CCC(C)CC2)cc1. The molecule has 0 saturated carbocycles. The van der Waals surface area contributed by atoms with Crippen molar-refractivity contribution in [3.63, 3.8) is 0 Å². The standard InChI is InChI=1S/C21H23ClN2O2/c1-14-9-11-24(12-10-14)21(26)17-5-3-16(4-6-17)20(25)23-19-8-7-18(22)13-15(19)2/h3-8,13-14H,9-12H2,1-2H3,(H,23,25). The molecule has 3 rings (SSSR count). The second-order valence-electron chi connectivity index (χ2n) is 6.97. The predicted octanol–water partition coefficient (Wildman–Crippen LogP) is 4.77. The normalized spacial score (nSPS) is 15.0. The maximum atomic E-state index is 12.6. The fourth-order valence-corrected chi connectivity index (χ4v) is 3.35. The molecule has 0 spiro atoms. The van der Waals surface area contributed by atoms with E-state index < -0.39 is 0 Å². The van der Waals surface area contributed by atoms with Crippen molar-refractivity contribution in [3.8, 4) is 0 Å². The smallest absolute Gasteiger partial charge is 0.255 e. The maximum absolute atomic E-state index is 12.6. The number of likely N-dealkylation sites (tertiary alicyclic amines) is 1. The number of hydrogen-bond donors (Lipinski definition) is 1. The number of halogens is 1. The molecule has 1 saturated heterocycles. The van der Waals surface area contributed by atoms with Crippen molar-refractivity contribution in [1.29, 1.82) is 0 Å². The van der Waals surface area contributed by atoms with Gasteiger partial charge in [-0.2, -0.15) is 0 Å². The van der Waals surface area contributed by atoms with Gasteiger partial charge in [-0.1, -0.05) is 18.5 Å². The molecule has 2 aromatic carbocycles. The van der Waals surface area contributed by atoms with E-state index in [0.717, 1.165) is 37.2 Å². The van der Waals surface area contributed by atoms with Crippen molar-refractivity contribution in [2.45, 2.75) is 26.7 Å². The second-order valence-corrected chi connectivity index (χ2v) is 7.40. The summed E-state index contributed by atoms with van der Waals surface area (Å²) in [5.74, 6) is 0.514. The van der Waals surface area contributed by atoms with Crippen molar-refractivity contribution in [1.82, 2.24) is 4.90 Å². The summed E-state index contributed by atoms with van der Waals surface area (Å²) >= 11 is 5.94. The fourth-order valence-electron chi connectivity index (χ4n) is 3.12. The predicted molar refractivity (Wildman–Crippen MR) is 105 cm³/mol. The minimum absolute atomic E-state index is 0.0393. The summed E-state index contributed by atoms with van der Waals surface area (Å²) in [6.07, 6.45) is 2.10. The maximum Gasteiger partial charge on any atom is 0.255 e. The van der Waals surface area contributed by atoms with Crippen LogP contribution in [-0.2, 0) is 0 Å². The van der Waals surface area contributed by atoms with Gasteiger partial charge in [-0.05, 0) is 73.7 Å². The molecule has 5 heteroatoms. The summed E-state index contributed by atoms with van der Waals surface area (Å²) in [5.41, 5.74) is 2.76. The summed E-state index contributed by atoms with van der Waals surface area (Å²) in [6, 6.07) is 12.2. The third-order valence-electron chi connectivity index (χ3n) is 4.90. The first-order valence-electron chi connectivity index (χ1n) is 8.91. The van der Waals surface area contributed by atoms with E-state index in [0.29, 0.717) is 22.1 Å². The Labute approximate surface area is 159 Å². The quantitative estimate of drug-likeness (QED) is 0.845. The Balaban J connectivity index is 1.67. The van der Waals surface area contributed by atoms with Gasteiger partial charge in [0.2, 0.25) is 0 Å². The van der Waals surface area contributed by atoms with Gasteiger partial charge in [0.05, 0.1) is 0 Å². The number of nitrogens with one attached hydrogen (secondary N) is 1. The largest absolute Gasteiger partial charge is 0.339 e. The first-order chi connectivity index (χ1) is 12.4. The third-order valence-corrected chi connectivity index (χ3v) is 5.14. The molecular weight excluding hydrogens is 348 g/mol. The zero-order chi connectivity index (χ0) is 18.7. The zero-order valence-electron chi connectivity index (χ0n) is 15.1.